The Balaban J connectivity index is 1.62. The number of carbonyl (C=O) groups excluding carboxylic acids is 1. The molecule has 0 aliphatic heterocycles. The first kappa shape index (κ1) is 26.2. The van der Waals surface area contributed by atoms with Crippen molar-refractivity contribution in [3.05, 3.63) is 12.7 Å². The summed E-state index contributed by atoms with van der Waals surface area (Å²) in [5, 5.41) is 10.2. The van der Waals surface area contributed by atoms with Gasteiger partial charge in [0.1, 0.15) is 6.10 Å². The quantitative estimate of drug-likeness (QED) is 0.361. The van der Waals surface area contributed by atoms with Gasteiger partial charge in [-0.15, -0.1) is 6.58 Å². The molecular weight excluding hydrogens is 450 g/mol. The first-order valence-corrected chi connectivity index (χ1v) is 15.2. The van der Waals surface area contributed by atoms with Crippen molar-refractivity contribution >= 4 is 16.0 Å². The fourth-order valence-corrected chi connectivity index (χ4v) is 10.6. The topological polar surface area (TPSA) is 83.9 Å². The van der Waals surface area contributed by atoms with E-state index in [4.69, 9.17) is 4.74 Å². The van der Waals surface area contributed by atoms with Gasteiger partial charge in [0.25, 0.3) is 0 Å². The maximum absolute atomic E-state index is 14.3. The highest BCUT2D eigenvalue weighted by atomic mass is 32.2. The van der Waals surface area contributed by atoms with Crippen molar-refractivity contribution in [2.75, 3.05) is 5.75 Å². The molecule has 0 heterocycles. The van der Waals surface area contributed by atoms with Gasteiger partial charge in [0, 0.05) is 23.9 Å². The molecule has 194 valence electrons. The van der Waals surface area contributed by atoms with Gasteiger partial charge in [0.05, 0.1) is 5.75 Å². The van der Waals surface area contributed by atoms with Gasteiger partial charge in [0.2, 0.25) is 10.0 Å². The molecule has 0 saturated heterocycles. The second kappa shape index (κ2) is 10.2. The zero-order valence-corrected chi connectivity index (χ0v) is 22.0. The van der Waals surface area contributed by atoms with E-state index in [1.807, 2.05) is 4.31 Å². The van der Waals surface area contributed by atoms with Gasteiger partial charge in [-0.1, -0.05) is 58.4 Å². The number of hydrogen-bond donors (Lipinski definition) is 1. The van der Waals surface area contributed by atoms with Crippen molar-refractivity contribution in [2.24, 2.45) is 16.7 Å². The lowest BCUT2D eigenvalue weighted by atomic mass is 9.69. The molecule has 4 saturated carbocycles. The Morgan fingerprint density at radius 2 is 1.62 bits per heavy atom. The summed E-state index contributed by atoms with van der Waals surface area (Å²) in [7, 11) is -3.56. The van der Waals surface area contributed by atoms with Gasteiger partial charge in [-0.05, 0) is 56.3 Å². The van der Waals surface area contributed by atoms with E-state index in [0.717, 1.165) is 64.2 Å². The molecular formula is C27H45NO5S. The van der Waals surface area contributed by atoms with Crippen LogP contribution in [0.15, 0.2) is 12.7 Å². The van der Waals surface area contributed by atoms with Crippen molar-refractivity contribution in [1.82, 2.24) is 4.31 Å². The number of aliphatic hydroxyl groups excluding tert-OH is 1. The largest absolute Gasteiger partial charge is 0.460 e. The number of esters is 1. The number of carbonyl (C=O) groups is 1. The predicted octanol–water partition coefficient (Wildman–Crippen LogP) is 4.96. The Hall–Kier alpha value is -0.920. The molecule has 4 atom stereocenters. The van der Waals surface area contributed by atoms with Crippen LogP contribution in [0.3, 0.4) is 0 Å². The lowest BCUT2D eigenvalue weighted by Gasteiger charge is -2.46. The average Bonchev–Trinajstić information content (AvgIpc) is 3.15. The predicted molar refractivity (Wildman–Crippen MR) is 134 cm³/mol. The molecule has 0 spiro atoms. The number of nitrogens with zero attached hydrogens (tertiary/aromatic N) is 1. The highest BCUT2D eigenvalue weighted by Crippen LogP contribution is 2.67. The van der Waals surface area contributed by atoms with E-state index in [1.165, 1.54) is 18.9 Å². The molecule has 4 fully saturated rings. The van der Waals surface area contributed by atoms with Crippen LogP contribution < -0.4 is 0 Å². The van der Waals surface area contributed by atoms with Crippen LogP contribution in [-0.4, -0.2) is 53.8 Å². The second-order valence-corrected chi connectivity index (χ2v) is 13.9. The zero-order valence-electron chi connectivity index (χ0n) is 21.2. The third kappa shape index (κ3) is 4.73. The smallest absolute Gasteiger partial charge is 0.335 e. The molecule has 0 radical (unpaired) electrons. The number of sulfonamides is 1. The van der Waals surface area contributed by atoms with Gasteiger partial charge >= 0.3 is 5.97 Å². The van der Waals surface area contributed by atoms with E-state index in [1.54, 1.807) is 0 Å². The van der Waals surface area contributed by atoms with E-state index < -0.39 is 33.6 Å². The highest BCUT2D eigenvalue weighted by Gasteiger charge is 2.67. The second-order valence-electron chi connectivity index (χ2n) is 12.0. The van der Waals surface area contributed by atoms with Gasteiger partial charge in [0.15, 0.2) is 6.10 Å². The van der Waals surface area contributed by atoms with Crippen LogP contribution in [0.4, 0.5) is 0 Å². The minimum Gasteiger partial charge on any atom is -0.460 e. The molecule has 0 aromatic rings. The molecule has 7 heteroatoms. The molecule has 34 heavy (non-hydrogen) atoms. The highest BCUT2D eigenvalue weighted by molar-refractivity contribution is 7.89. The van der Waals surface area contributed by atoms with E-state index in [0.29, 0.717) is 12.3 Å². The fraction of sp³-hybridized carbons (Fsp3) is 0.889. The molecule has 0 unspecified atom stereocenters. The van der Waals surface area contributed by atoms with Gasteiger partial charge in [-0.3, -0.25) is 0 Å². The number of rotatable bonds is 9. The summed E-state index contributed by atoms with van der Waals surface area (Å²) in [6.07, 6.45) is 13.0. The van der Waals surface area contributed by atoms with Crippen LogP contribution in [0.2, 0.25) is 0 Å². The maximum atomic E-state index is 14.3. The van der Waals surface area contributed by atoms with Crippen molar-refractivity contribution in [2.45, 2.75) is 128 Å². The number of ether oxygens (including phenoxy) is 1. The Labute approximate surface area is 206 Å². The van der Waals surface area contributed by atoms with Gasteiger partial charge in [-0.2, -0.15) is 4.31 Å². The molecule has 0 aromatic heterocycles. The average molecular weight is 496 g/mol. The van der Waals surface area contributed by atoms with E-state index in [-0.39, 0.29) is 29.7 Å². The van der Waals surface area contributed by atoms with Crippen LogP contribution in [0.25, 0.3) is 0 Å². The summed E-state index contributed by atoms with van der Waals surface area (Å²) in [5.41, 5.74) is -0.846. The lowest BCUT2D eigenvalue weighted by molar-refractivity contribution is -0.166. The number of hydrogen-bond acceptors (Lipinski definition) is 5. The first-order chi connectivity index (χ1) is 16.1. The normalized spacial score (nSPS) is 33.2. The summed E-state index contributed by atoms with van der Waals surface area (Å²) in [5.74, 6) is -0.275. The summed E-state index contributed by atoms with van der Waals surface area (Å²) < 4.78 is 36.5. The van der Waals surface area contributed by atoms with Crippen LogP contribution in [-0.2, 0) is 19.6 Å². The Kier molecular flexibility index (Phi) is 7.86. The van der Waals surface area contributed by atoms with E-state index in [9.17, 15) is 18.3 Å². The van der Waals surface area contributed by atoms with Gasteiger partial charge in [-0.25, -0.2) is 13.2 Å². The minimum absolute atomic E-state index is 0.0476. The standard InChI is InChI=1S/C27H45NO5S/c1-4-11-23(29)25(30)33-24-18-20-16-17-27(24,26(20,2)3)19-34(31,32)28(21-12-7-5-8-13-21)22-14-9-6-10-15-22/h4,20-24,29H,1,5-19H2,2-3H3/t20-,23-,24-,27-/m1/s1. The third-order valence-corrected chi connectivity index (χ3v) is 12.0. The third-order valence-electron chi connectivity index (χ3n) is 9.91. The summed E-state index contributed by atoms with van der Waals surface area (Å²) in [4.78, 5) is 12.6. The van der Waals surface area contributed by atoms with Crippen molar-refractivity contribution in [1.29, 1.82) is 0 Å². The maximum Gasteiger partial charge on any atom is 0.335 e. The molecule has 4 rings (SSSR count). The summed E-state index contributed by atoms with van der Waals surface area (Å²) >= 11 is 0. The Morgan fingerprint density at radius 3 is 2.12 bits per heavy atom. The van der Waals surface area contributed by atoms with Crippen molar-refractivity contribution < 1.29 is 23.1 Å². The molecule has 4 aliphatic carbocycles. The van der Waals surface area contributed by atoms with Crippen molar-refractivity contribution in [3.63, 3.8) is 0 Å². The molecule has 4 aliphatic rings. The first-order valence-electron chi connectivity index (χ1n) is 13.6. The van der Waals surface area contributed by atoms with Crippen molar-refractivity contribution in [3.8, 4) is 0 Å². The fourth-order valence-electron chi connectivity index (χ4n) is 7.80. The van der Waals surface area contributed by atoms with Crippen LogP contribution in [0.5, 0.6) is 0 Å². The van der Waals surface area contributed by atoms with Crippen LogP contribution in [0, 0.1) is 16.7 Å². The van der Waals surface area contributed by atoms with Crippen LogP contribution in [0.1, 0.15) is 104 Å². The monoisotopic (exact) mass is 495 g/mol. The number of fused-ring (bicyclic) bond motifs is 2. The molecule has 2 bridgehead atoms. The summed E-state index contributed by atoms with van der Waals surface area (Å²) in [6.45, 7) is 7.93. The van der Waals surface area contributed by atoms with Crippen LogP contribution >= 0.6 is 0 Å². The lowest BCUT2D eigenvalue weighted by Crippen LogP contribution is -2.55. The molecule has 6 nitrogen and oxygen atoms in total. The summed E-state index contributed by atoms with van der Waals surface area (Å²) in [6, 6.07) is 0.214. The molecule has 0 amide bonds. The SMILES string of the molecule is C=CC[C@@H](O)C(=O)O[C@@H]1C[C@H]2CC[C@]1(CS(=O)(=O)N(C1CCCCC1)C1CCCCC1)C2(C)C. The Bertz CT molecular complexity index is 825. The molecule has 0 aromatic carbocycles. The number of aliphatic hydroxyl groups is 1. The van der Waals surface area contributed by atoms with Gasteiger partial charge < -0.3 is 9.84 Å². The minimum atomic E-state index is -3.56. The zero-order chi connectivity index (χ0) is 24.6. The molecule has 1 N–H and O–H groups in total. The Morgan fingerprint density at radius 1 is 1.06 bits per heavy atom. The van der Waals surface area contributed by atoms with E-state index in [2.05, 4.69) is 20.4 Å². The van der Waals surface area contributed by atoms with E-state index >= 15 is 0 Å².